The number of benzene rings is 2. The highest BCUT2D eigenvalue weighted by Gasteiger charge is 2.20. The summed E-state index contributed by atoms with van der Waals surface area (Å²) in [7, 11) is 1.68. The zero-order chi connectivity index (χ0) is 19.9. The molecule has 1 atom stereocenters. The Kier molecular flexibility index (Phi) is 11.3. The summed E-state index contributed by atoms with van der Waals surface area (Å²) >= 11 is 0. The Balaban J connectivity index is 0.00000225. The molecule has 0 saturated carbocycles. The molecular formula is C23H34Cl2N2O3. The lowest BCUT2D eigenvalue weighted by molar-refractivity contribution is 0.0663. The second kappa shape index (κ2) is 12.9. The smallest absolute Gasteiger partial charge is 0.119 e. The van der Waals surface area contributed by atoms with Gasteiger partial charge in [0.2, 0.25) is 0 Å². The van der Waals surface area contributed by atoms with Crippen LogP contribution in [0.4, 0.5) is 5.69 Å². The van der Waals surface area contributed by atoms with Gasteiger partial charge < -0.3 is 19.5 Å². The first-order valence-corrected chi connectivity index (χ1v) is 10.1. The van der Waals surface area contributed by atoms with Crippen molar-refractivity contribution in [3.05, 3.63) is 54.1 Å². The SMILES string of the molecule is COc1ccc(N2CCN(CC(O)COc3ccc(C(C)C)cc3)CC2)cc1.Cl.Cl. The van der Waals surface area contributed by atoms with Crippen molar-refractivity contribution in [1.82, 2.24) is 4.90 Å². The van der Waals surface area contributed by atoms with Gasteiger partial charge in [-0.05, 0) is 47.9 Å². The number of hydrogen-bond acceptors (Lipinski definition) is 5. The van der Waals surface area contributed by atoms with E-state index in [2.05, 4.69) is 47.9 Å². The van der Waals surface area contributed by atoms with Crippen LogP contribution >= 0.6 is 24.8 Å². The Hall–Kier alpha value is -1.66. The Morgan fingerprint density at radius 1 is 0.867 bits per heavy atom. The van der Waals surface area contributed by atoms with E-state index >= 15 is 0 Å². The predicted molar refractivity (Wildman–Crippen MR) is 128 cm³/mol. The summed E-state index contributed by atoms with van der Waals surface area (Å²) in [5.41, 5.74) is 2.51. The van der Waals surface area contributed by atoms with E-state index in [1.807, 2.05) is 24.3 Å². The van der Waals surface area contributed by atoms with Crippen molar-refractivity contribution in [2.75, 3.05) is 51.3 Å². The van der Waals surface area contributed by atoms with Crippen LogP contribution < -0.4 is 14.4 Å². The third-order valence-corrected chi connectivity index (χ3v) is 5.27. The van der Waals surface area contributed by atoms with Gasteiger partial charge in [-0.25, -0.2) is 0 Å². The molecule has 2 aromatic rings. The lowest BCUT2D eigenvalue weighted by atomic mass is 10.0. The molecule has 1 N–H and O–H groups in total. The predicted octanol–water partition coefficient (Wildman–Crippen LogP) is 4.22. The fourth-order valence-corrected chi connectivity index (χ4v) is 3.47. The molecule has 2 aromatic carbocycles. The maximum Gasteiger partial charge on any atom is 0.119 e. The van der Waals surface area contributed by atoms with Gasteiger partial charge in [0.25, 0.3) is 0 Å². The minimum absolute atomic E-state index is 0. The molecule has 1 fully saturated rings. The van der Waals surface area contributed by atoms with Crippen molar-refractivity contribution in [3.8, 4) is 11.5 Å². The van der Waals surface area contributed by atoms with E-state index < -0.39 is 6.10 Å². The molecule has 3 rings (SSSR count). The lowest BCUT2D eigenvalue weighted by Crippen LogP contribution is -2.49. The van der Waals surface area contributed by atoms with Crippen LogP contribution in [0.5, 0.6) is 11.5 Å². The number of halogens is 2. The average molecular weight is 457 g/mol. The zero-order valence-corrected chi connectivity index (χ0v) is 19.6. The molecule has 1 saturated heterocycles. The van der Waals surface area contributed by atoms with Gasteiger partial charge in [-0.2, -0.15) is 0 Å². The fourth-order valence-electron chi connectivity index (χ4n) is 3.47. The molecule has 5 nitrogen and oxygen atoms in total. The maximum atomic E-state index is 10.4. The van der Waals surface area contributed by atoms with Gasteiger partial charge in [-0.15, -0.1) is 24.8 Å². The summed E-state index contributed by atoms with van der Waals surface area (Å²) in [6.45, 7) is 9.09. The van der Waals surface area contributed by atoms with E-state index in [-0.39, 0.29) is 24.8 Å². The molecule has 0 radical (unpaired) electrons. The first-order valence-electron chi connectivity index (χ1n) is 10.1. The minimum Gasteiger partial charge on any atom is -0.497 e. The molecule has 1 heterocycles. The molecule has 30 heavy (non-hydrogen) atoms. The third-order valence-electron chi connectivity index (χ3n) is 5.27. The number of ether oxygens (including phenoxy) is 2. The zero-order valence-electron chi connectivity index (χ0n) is 18.0. The van der Waals surface area contributed by atoms with Gasteiger partial charge in [0.1, 0.15) is 24.2 Å². The first-order chi connectivity index (χ1) is 13.5. The van der Waals surface area contributed by atoms with Crippen LogP contribution in [0, 0.1) is 0 Å². The molecule has 1 aliphatic rings. The summed E-state index contributed by atoms with van der Waals surface area (Å²) in [4.78, 5) is 4.67. The summed E-state index contributed by atoms with van der Waals surface area (Å²) < 4.78 is 11.0. The van der Waals surface area contributed by atoms with Crippen molar-refractivity contribution >= 4 is 30.5 Å². The summed E-state index contributed by atoms with van der Waals surface area (Å²) in [6, 6.07) is 16.3. The first kappa shape index (κ1) is 26.4. The minimum atomic E-state index is -0.489. The second-order valence-electron chi connectivity index (χ2n) is 7.67. The monoisotopic (exact) mass is 456 g/mol. The van der Waals surface area contributed by atoms with Crippen LogP contribution in [-0.2, 0) is 0 Å². The van der Waals surface area contributed by atoms with Gasteiger partial charge in [-0.1, -0.05) is 26.0 Å². The normalized spacial score (nSPS) is 15.2. The standard InChI is InChI=1S/C23H32N2O3.2ClH/c1-18(2)19-4-8-23(9-5-19)28-17-21(26)16-24-12-14-25(15-13-24)20-6-10-22(27-3)11-7-20;;/h4-11,18,21,26H,12-17H2,1-3H3;2*1H. The van der Waals surface area contributed by atoms with Crippen molar-refractivity contribution < 1.29 is 14.6 Å². The second-order valence-corrected chi connectivity index (χ2v) is 7.67. The van der Waals surface area contributed by atoms with E-state index in [9.17, 15) is 5.11 Å². The summed E-state index contributed by atoms with van der Waals surface area (Å²) in [5, 5.41) is 10.4. The molecule has 0 bridgehead atoms. The van der Waals surface area contributed by atoms with E-state index in [1.165, 1.54) is 11.3 Å². The quantitative estimate of drug-likeness (QED) is 0.643. The number of methoxy groups -OCH3 is 1. The number of anilines is 1. The number of aliphatic hydroxyl groups is 1. The number of hydrogen-bond donors (Lipinski definition) is 1. The number of rotatable bonds is 8. The number of β-amino-alcohol motifs (C(OH)–C–C–N with tert-alkyl or cyclic N) is 1. The van der Waals surface area contributed by atoms with Gasteiger partial charge in [0, 0.05) is 38.4 Å². The van der Waals surface area contributed by atoms with E-state index in [0.717, 1.165) is 37.7 Å². The molecule has 0 amide bonds. The summed E-state index contributed by atoms with van der Waals surface area (Å²) in [5.74, 6) is 2.20. The van der Waals surface area contributed by atoms with Crippen LogP contribution in [0.25, 0.3) is 0 Å². The average Bonchev–Trinajstić information content (AvgIpc) is 2.73. The molecule has 1 unspecified atom stereocenters. The van der Waals surface area contributed by atoms with Crippen molar-refractivity contribution in [2.45, 2.75) is 25.9 Å². The van der Waals surface area contributed by atoms with E-state index in [4.69, 9.17) is 9.47 Å². The fraction of sp³-hybridized carbons (Fsp3) is 0.478. The van der Waals surface area contributed by atoms with Gasteiger partial charge in [0.15, 0.2) is 0 Å². The highest BCUT2D eigenvalue weighted by molar-refractivity contribution is 5.85. The third kappa shape index (κ3) is 7.55. The highest BCUT2D eigenvalue weighted by atomic mass is 35.5. The van der Waals surface area contributed by atoms with Gasteiger partial charge in [0.05, 0.1) is 7.11 Å². The van der Waals surface area contributed by atoms with Crippen molar-refractivity contribution in [3.63, 3.8) is 0 Å². The maximum absolute atomic E-state index is 10.4. The van der Waals surface area contributed by atoms with Crippen LogP contribution in [0.3, 0.4) is 0 Å². The Morgan fingerprint density at radius 2 is 1.43 bits per heavy atom. The molecule has 7 heteroatoms. The molecule has 1 aliphatic heterocycles. The van der Waals surface area contributed by atoms with Crippen LogP contribution in [-0.4, -0.2) is 62.6 Å². The van der Waals surface area contributed by atoms with Crippen molar-refractivity contribution in [2.24, 2.45) is 0 Å². The molecule has 0 spiro atoms. The Morgan fingerprint density at radius 3 is 1.97 bits per heavy atom. The topological polar surface area (TPSA) is 45.2 Å². The molecular weight excluding hydrogens is 423 g/mol. The van der Waals surface area contributed by atoms with Crippen LogP contribution in [0.1, 0.15) is 25.3 Å². The summed E-state index contributed by atoms with van der Waals surface area (Å²) in [6.07, 6.45) is -0.489. The number of piperazine rings is 1. The van der Waals surface area contributed by atoms with Crippen LogP contribution in [0.15, 0.2) is 48.5 Å². The lowest BCUT2D eigenvalue weighted by Gasteiger charge is -2.36. The number of aliphatic hydroxyl groups excluding tert-OH is 1. The largest absolute Gasteiger partial charge is 0.497 e. The van der Waals surface area contributed by atoms with E-state index in [1.54, 1.807) is 7.11 Å². The van der Waals surface area contributed by atoms with Crippen molar-refractivity contribution in [1.29, 1.82) is 0 Å². The molecule has 0 aromatic heterocycles. The molecule has 168 valence electrons. The number of nitrogens with zero attached hydrogens (tertiary/aromatic N) is 2. The Labute approximate surface area is 192 Å². The van der Waals surface area contributed by atoms with Crippen LogP contribution in [0.2, 0.25) is 0 Å². The van der Waals surface area contributed by atoms with Gasteiger partial charge in [-0.3, -0.25) is 4.90 Å². The van der Waals surface area contributed by atoms with Gasteiger partial charge >= 0.3 is 0 Å². The highest BCUT2D eigenvalue weighted by Crippen LogP contribution is 2.21. The van der Waals surface area contributed by atoms with E-state index in [0.29, 0.717) is 19.1 Å². The Bertz CT molecular complexity index is 718. The molecule has 0 aliphatic carbocycles.